The van der Waals surface area contributed by atoms with Crippen molar-refractivity contribution in [2.75, 3.05) is 19.7 Å². The lowest BCUT2D eigenvalue weighted by Crippen LogP contribution is -2.50. The summed E-state index contributed by atoms with van der Waals surface area (Å²) in [6.45, 7) is 7.31. The lowest BCUT2D eigenvalue weighted by atomic mass is 10.0. The minimum atomic E-state index is -0.392. The molecule has 5 heteroatoms. The van der Waals surface area contributed by atoms with Crippen LogP contribution in [0.3, 0.4) is 0 Å². The number of carbonyl (C=O) groups excluding carboxylic acids is 2. The first kappa shape index (κ1) is 13.8. The summed E-state index contributed by atoms with van der Waals surface area (Å²) in [5, 5.41) is 2.79. The summed E-state index contributed by atoms with van der Waals surface area (Å²) in [5.74, 6) is 0.164. The molecule has 0 saturated carbocycles. The fourth-order valence-corrected chi connectivity index (χ4v) is 2.00. The van der Waals surface area contributed by atoms with Gasteiger partial charge in [0.15, 0.2) is 0 Å². The third-order valence-corrected chi connectivity index (χ3v) is 2.82. The first-order chi connectivity index (χ1) is 8.04. The van der Waals surface area contributed by atoms with E-state index < -0.39 is 6.09 Å². The van der Waals surface area contributed by atoms with Crippen molar-refractivity contribution in [1.29, 1.82) is 0 Å². The lowest BCUT2D eigenvalue weighted by molar-refractivity contribution is -0.135. The number of carbonyl (C=O) groups is 2. The Labute approximate surface area is 102 Å². The summed E-state index contributed by atoms with van der Waals surface area (Å²) >= 11 is 0. The number of rotatable bonds is 3. The van der Waals surface area contributed by atoms with Crippen molar-refractivity contribution in [2.45, 2.75) is 39.7 Å². The van der Waals surface area contributed by atoms with Crippen LogP contribution in [-0.4, -0.2) is 42.6 Å². The van der Waals surface area contributed by atoms with Gasteiger partial charge in [-0.05, 0) is 19.8 Å². The Morgan fingerprint density at radius 3 is 2.76 bits per heavy atom. The highest BCUT2D eigenvalue weighted by molar-refractivity contribution is 5.78. The molecular weight excluding hydrogens is 220 g/mol. The topological polar surface area (TPSA) is 58.6 Å². The molecule has 1 heterocycles. The van der Waals surface area contributed by atoms with Crippen LogP contribution in [0.4, 0.5) is 4.79 Å². The van der Waals surface area contributed by atoms with Crippen LogP contribution in [0.1, 0.15) is 33.6 Å². The van der Waals surface area contributed by atoms with Gasteiger partial charge in [-0.2, -0.15) is 0 Å². The van der Waals surface area contributed by atoms with E-state index >= 15 is 0 Å². The second-order valence-electron chi connectivity index (χ2n) is 4.64. The number of hydrogen-bond donors (Lipinski definition) is 1. The van der Waals surface area contributed by atoms with Crippen LogP contribution < -0.4 is 5.32 Å². The number of hydrogen-bond acceptors (Lipinski definition) is 3. The summed E-state index contributed by atoms with van der Waals surface area (Å²) in [7, 11) is 0. The summed E-state index contributed by atoms with van der Waals surface area (Å²) in [4.78, 5) is 24.9. The van der Waals surface area contributed by atoms with Gasteiger partial charge in [0.25, 0.3) is 0 Å². The number of nitrogens with zero attached hydrogens (tertiary/aromatic N) is 1. The second kappa shape index (κ2) is 6.47. The quantitative estimate of drug-likeness (QED) is 0.813. The van der Waals surface area contributed by atoms with E-state index in [0.29, 0.717) is 13.2 Å². The minimum absolute atomic E-state index is 0.0105. The van der Waals surface area contributed by atoms with Crippen LogP contribution in [0, 0.1) is 5.92 Å². The van der Waals surface area contributed by atoms with Gasteiger partial charge in [0.1, 0.15) is 0 Å². The zero-order valence-corrected chi connectivity index (χ0v) is 10.9. The highest BCUT2D eigenvalue weighted by atomic mass is 16.5. The van der Waals surface area contributed by atoms with Crippen LogP contribution in [-0.2, 0) is 9.53 Å². The van der Waals surface area contributed by atoms with Crippen LogP contribution in [0.5, 0.6) is 0 Å². The molecule has 0 spiro atoms. The molecule has 0 aromatic rings. The van der Waals surface area contributed by atoms with Crippen molar-refractivity contribution in [3.05, 3.63) is 0 Å². The van der Waals surface area contributed by atoms with Gasteiger partial charge >= 0.3 is 6.09 Å². The fourth-order valence-electron chi connectivity index (χ4n) is 2.00. The Morgan fingerprint density at radius 2 is 2.18 bits per heavy atom. The van der Waals surface area contributed by atoms with Crippen molar-refractivity contribution in [2.24, 2.45) is 5.92 Å². The van der Waals surface area contributed by atoms with Gasteiger partial charge in [-0.25, -0.2) is 4.79 Å². The summed E-state index contributed by atoms with van der Waals surface area (Å²) in [5.41, 5.74) is 0. The smallest absolute Gasteiger partial charge is 0.407 e. The van der Waals surface area contributed by atoms with E-state index in [9.17, 15) is 9.59 Å². The second-order valence-corrected chi connectivity index (χ2v) is 4.64. The van der Waals surface area contributed by atoms with Gasteiger partial charge in [-0.1, -0.05) is 13.8 Å². The van der Waals surface area contributed by atoms with E-state index in [4.69, 9.17) is 4.74 Å². The number of nitrogens with one attached hydrogen (secondary N) is 1. The number of alkyl carbamates (subject to hydrolysis) is 1. The van der Waals surface area contributed by atoms with Crippen molar-refractivity contribution in [1.82, 2.24) is 10.2 Å². The van der Waals surface area contributed by atoms with Crippen molar-refractivity contribution < 1.29 is 14.3 Å². The van der Waals surface area contributed by atoms with Gasteiger partial charge in [0, 0.05) is 25.0 Å². The molecule has 0 aromatic carbocycles. The molecule has 0 radical (unpaired) electrons. The van der Waals surface area contributed by atoms with Crippen molar-refractivity contribution in [3.63, 3.8) is 0 Å². The van der Waals surface area contributed by atoms with E-state index in [0.717, 1.165) is 19.4 Å². The van der Waals surface area contributed by atoms with Crippen LogP contribution in [0.2, 0.25) is 0 Å². The van der Waals surface area contributed by atoms with Gasteiger partial charge in [0.2, 0.25) is 5.91 Å². The Morgan fingerprint density at radius 1 is 1.47 bits per heavy atom. The van der Waals surface area contributed by atoms with E-state index in [1.807, 2.05) is 18.7 Å². The molecule has 0 aliphatic carbocycles. The largest absolute Gasteiger partial charge is 0.450 e. The molecule has 5 nitrogen and oxygen atoms in total. The minimum Gasteiger partial charge on any atom is -0.450 e. The Kier molecular flexibility index (Phi) is 5.25. The molecule has 1 saturated heterocycles. The molecule has 1 fully saturated rings. The summed E-state index contributed by atoms with van der Waals surface area (Å²) in [6.07, 6.45) is 1.44. The zero-order chi connectivity index (χ0) is 12.8. The Balaban J connectivity index is 2.43. The molecule has 1 N–H and O–H groups in total. The van der Waals surface area contributed by atoms with Gasteiger partial charge in [-0.3, -0.25) is 4.79 Å². The normalized spacial score (nSPS) is 20.2. The predicted molar refractivity (Wildman–Crippen MR) is 64.6 cm³/mol. The number of likely N-dealkylation sites (tertiary alicyclic amines) is 1. The van der Waals surface area contributed by atoms with Crippen LogP contribution in [0.15, 0.2) is 0 Å². The molecular formula is C12H22N2O3. The molecule has 1 rings (SSSR count). The monoisotopic (exact) mass is 242 g/mol. The molecule has 0 bridgehead atoms. The molecule has 17 heavy (non-hydrogen) atoms. The molecule has 98 valence electrons. The maximum atomic E-state index is 11.8. The average Bonchev–Trinajstić information content (AvgIpc) is 2.28. The molecule has 1 unspecified atom stereocenters. The average molecular weight is 242 g/mol. The third-order valence-electron chi connectivity index (χ3n) is 2.82. The first-order valence-corrected chi connectivity index (χ1v) is 6.26. The zero-order valence-electron chi connectivity index (χ0n) is 10.9. The third kappa shape index (κ3) is 4.24. The van der Waals surface area contributed by atoms with Crippen molar-refractivity contribution >= 4 is 12.0 Å². The van der Waals surface area contributed by atoms with E-state index in [-0.39, 0.29) is 17.9 Å². The maximum Gasteiger partial charge on any atom is 0.407 e. The van der Waals surface area contributed by atoms with Crippen LogP contribution in [0.25, 0.3) is 0 Å². The summed E-state index contributed by atoms with van der Waals surface area (Å²) in [6, 6.07) is 0.0190. The van der Waals surface area contributed by atoms with Crippen LogP contribution >= 0.6 is 0 Å². The molecule has 1 aliphatic heterocycles. The fraction of sp³-hybridized carbons (Fsp3) is 0.833. The highest BCUT2D eigenvalue weighted by Gasteiger charge is 2.26. The Hall–Kier alpha value is -1.26. The number of piperidine rings is 1. The van der Waals surface area contributed by atoms with Gasteiger partial charge < -0.3 is 15.0 Å². The SMILES string of the molecule is CCOC(=O)NC1CCCN(C(=O)C(C)C)C1. The van der Waals surface area contributed by atoms with E-state index in [1.54, 1.807) is 6.92 Å². The van der Waals surface area contributed by atoms with Gasteiger partial charge in [-0.15, -0.1) is 0 Å². The Bertz CT molecular complexity index is 279. The maximum absolute atomic E-state index is 11.8. The number of ether oxygens (including phenoxy) is 1. The predicted octanol–water partition coefficient (Wildman–Crippen LogP) is 1.38. The first-order valence-electron chi connectivity index (χ1n) is 6.26. The van der Waals surface area contributed by atoms with Gasteiger partial charge in [0.05, 0.1) is 6.61 Å². The summed E-state index contributed by atoms with van der Waals surface area (Å²) < 4.78 is 4.83. The molecule has 1 aliphatic rings. The van der Waals surface area contributed by atoms with E-state index in [1.165, 1.54) is 0 Å². The number of amides is 2. The van der Waals surface area contributed by atoms with Crippen molar-refractivity contribution in [3.8, 4) is 0 Å². The lowest BCUT2D eigenvalue weighted by Gasteiger charge is -2.33. The van der Waals surface area contributed by atoms with E-state index in [2.05, 4.69) is 5.32 Å². The highest BCUT2D eigenvalue weighted by Crippen LogP contribution is 2.13. The standard InChI is InChI=1S/C12H22N2O3/c1-4-17-12(16)13-10-6-5-7-14(8-10)11(15)9(2)3/h9-10H,4-8H2,1-3H3,(H,13,16). The molecule has 2 amide bonds. The molecule has 0 aromatic heterocycles. The molecule has 1 atom stereocenters.